The van der Waals surface area contributed by atoms with Crippen LogP contribution < -0.4 is 0 Å². The van der Waals surface area contributed by atoms with Gasteiger partial charge in [-0.2, -0.15) is 0 Å². The Kier molecular flexibility index (Phi) is 8.55. The Hall–Kier alpha value is -3.16. The quantitative estimate of drug-likeness (QED) is 0.443. The molecule has 8 heteroatoms. The fourth-order valence-corrected chi connectivity index (χ4v) is 4.39. The highest BCUT2D eigenvalue weighted by atomic mass is 35.5. The van der Waals surface area contributed by atoms with E-state index in [1.54, 1.807) is 24.7 Å². The van der Waals surface area contributed by atoms with Gasteiger partial charge in [0.05, 0.1) is 17.6 Å². The number of rotatable bonds is 8. The molecule has 2 aromatic heterocycles. The number of nitrogens with zero attached hydrogens (tertiary/aromatic N) is 6. The SMILES string of the molecule is CN(C)C/C=C/C(=O)N1CCC(Cc2cncc(-c3cnc(Cc4cccc(Cl)c4)nc3)n2)CC1. The monoisotopic (exact) mass is 490 g/mol. The lowest BCUT2D eigenvalue weighted by molar-refractivity contribution is -0.127. The third kappa shape index (κ3) is 7.41. The summed E-state index contributed by atoms with van der Waals surface area (Å²) in [5.74, 6) is 1.33. The lowest BCUT2D eigenvalue weighted by Gasteiger charge is -2.31. The Morgan fingerprint density at radius 2 is 1.91 bits per heavy atom. The van der Waals surface area contributed by atoms with Gasteiger partial charge in [0.1, 0.15) is 5.82 Å². The predicted molar refractivity (Wildman–Crippen MR) is 138 cm³/mol. The van der Waals surface area contributed by atoms with E-state index >= 15 is 0 Å². The zero-order valence-corrected chi connectivity index (χ0v) is 21.0. The number of carbonyl (C=O) groups is 1. The van der Waals surface area contributed by atoms with Crippen LogP contribution in [0.25, 0.3) is 11.3 Å². The van der Waals surface area contributed by atoms with E-state index < -0.39 is 0 Å². The van der Waals surface area contributed by atoms with Crippen LogP contribution in [-0.2, 0) is 17.6 Å². The second kappa shape index (κ2) is 12.0. The molecule has 1 fully saturated rings. The van der Waals surface area contributed by atoms with Gasteiger partial charge in [0.2, 0.25) is 5.91 Å². The second-order valence-electron chi connectivity index (χ2n) is 9.23. The van der Waals surface area contributed by atoms with Crippen molar-refractivity contribution < 1.29 is 4.79 Å². The van der Waals surface area contributed by atoms with Crippen LogP contribution in [0.2, 0.25) is 5.02 Å². The molecule has 0 saturated carbocycles. The highest BCUT2D eigenvalue weighted by Gasteiger charge is 2.22. The molecule has 0 spiro atoms. The molecule has 0 atom stereocenters. The molecule has 1 saturated heterocycles. The lowest BCUT2D eigenvalue weighted by Crippen LogP contribution is -2.38. The molecule has 0 bridgehead atoms. The summed E-state index contributed by atoms with van der Waals surface area (Å²) in [6, 6.07) is 7.73. The first kappa shape index (κ1) is 24.9. The summed E-state index contributed by atoms with van der Waals surface area (Å²) >= 11 is 6.07. The van der Waals surface area contributed by atoms with Gasteiger partial charge in [-0.05, 0) is 57.0 Å². The van der Waals surface area contributed by atoms with Gasteiger partial charge >= 0.3 is 0 Å². The largest absolute Gasteiger partial charge is 0.339 e. The molecule has 35 heavy (non-hydrogen) atoms. The third-order valence-electron chi connectivity index (χ3n) is 6.09. The van der Waals surface area contributed by atoms with Crippen molar-refractivity contribution in [3.05, 3.63) is 83.3 Å². The molecule has 4 rings (SSSR count). The number of aromatic nitrogens is 4. The van der Waals surface area contributed by atoms with E-state index in [1.807, 2.05) is 60.4 Å². The molecule has 1 amide bonds. The van der Waals surface area contributed by atoms with Crippen LogP contribution >= 0.6 is 11.6 Å². The van der Waals surface area contributed by atoms with Crippen molar-refractivity contribution in [3.8, 4) is 11.3 Å². The molecule has 7 nitrogen and oxygen atoms in total. The molecular formula is C27H31ClN6O. The Balaban J connectivity index is 1.31. The Bertz CT molecular complexity index is 1160. The van der Waals surface area contributed by atoms with Gasteiger partial charge in [0.25, 0.3) is 0 Å². The summed E-state index contributed by atoms with van der Waals surface area (Å²) in [4.78, 5) is 34.6. The van der Waals surface area contributed by atoms with E-state index in [-0.39, 0.29) is 5.91 Å². The number of amides is 1. The summed E-state index contributed by atoms with van der Waals surface area (Å²) < 4.78 is 0. The van der Waals surface area contributed by atoms with Gasteiger partial charge in [-0.25, -0.2) is 15.0 Å². The molecule has 1 aliphatic rings. The summed E-state index contributed by atoms with van der Waals surface area (Å²) in [5.41, 5.74) is 3.65. The number of halogens is 1. The van der Waals surface area contributed by atoms with E-state index in [1.165, 1.54) is 0 Å². The molecule has 3 aromatic rings. The fraction of sp³-hybridized carbons (Fsp3) is 0.370. The second-order valence-corrected chi connectivity index (χ2v) is 9.66. The van der Waals surface area contributed by atoms with Crippen LogP contribution in [0.1, 0.15) is 29.9 Å². The summed E-state index contributed by atoms with van der Waals surface area (Å²) in [6.07, 6.45) is 14.2. The van der Waals surface area contributed by atoms with Crippen LogP contribution in [-0.4, -0.2) is 69.4 Å². The number of piperidine rings is 1. The first-order valence-electron chi connectivity index (χ1n) is 11.9. The maximum atomic E-state index is 12.4. The van der Waals surface area contributed by atoms with Gasteiger partial charge in [0, 0.05) is 61.3 Å². The van der Waals surface area contributed by atoms with Gasteiger partial charge in [0.15, 0.2) is 0 Å². The zero-order chi connectivity index (χ0) is 24.6. The minimum atomic E-state index is 0.103. The van der Waals surface area contributed by atoms with E-state index in [0.717, 1.165) is 67.2 Å². The van der Waals surface area contributed by atoms with Crippen molar-refractivity contribution >= 4 is 17.5 Å². The van der Waals surface area contributed by atoms with Crippen LogP contribution in [0.15, 0.2) is 61.2 Å². The Labute approximate surface area is 211 Å². The van der Waals surface area contributed by atoms with Crippen molar-refractivity contribution in [2.75, 3.05) is 33.7 Å². The van der Waals surface area contributed by atoms with Crippen molar-refractivity contribution in [1.82, 2.24) is 29.7 Å². The third-order valence-corrected chi connectivity index (χ3v) is 6.33. The van der Waals surface area contributed by atoms with E-state index in [4.69, 9.17) is 16.6 Å². The van der Waals surface area contributed by atoms with Crippen molar-refractivity contribution in [1.29, 1.82) is 0 Å². The van der Waals surface area contributed by atoms with Gasteiger partial charge in [-0.1, -0.05) is 29.8 Å². The highest BCUT2D eigenvalue weighted by molar-refractivity contribution is 6.30. The van der Waals surface area contributed by atoms with Crippen molar-refractivity contribution in [2.45, 2.75) is 25.7 Å². The van der Waals surface area contributed by atoms with Crippen molar-refractivity contribution in [2.24, 2.45) is 5.92 Å². The number of benzene rings is 1. The first-order chi connectivity index (χ1) is 17.0. The molecule has 1 aliphatic heterocycles. The molecule has 182 valence electrons. The molecule has 0 radical (unpaired) electrons. The lowest BCUT2D eigenvalue weighted by atomic mass is 9.92. The van der Waals surface area contributed by atoms with Crippen LogP contribution in [0.5, 0.6) is 0 Å². The maximum Gasteiger partial charge on any atom is 0.246 e. The standard InChI is InChI=1S/C27H31ClN6O/c1-33(2)10-4-7-27(35)34-11-8-20(9-12-34)14-24-18-29-19-25(32-24)22-16-30-26(31-17-22)15-21-5-3-6-23(28)13-21/h3-7,13,16-20H,8-12,14-15H2,1-2H3/b7-4+. The van der Waals surface area contributed by atoms with Crippen LogP contribution in [0, 0.1) is 5.92 Å². The number of likely N-dealkylation sites (tertiary alicyclic amines) is 1. The Morgan fingerprint density at radius 1 is 1.14 bits per heavy atom. The molecule has 0 N–H and O–H groups in total. The smallest absolute Gasteiger partial charge is 0.246 e. The van der Waals surface area contributed by atoms with Gasteiger partial charge in [-0.15, -0.1) is 0 Å². The summed E-state index contributed by atoms with van der Waals surface area (Å²) in [6.45, 7) is 2.34. The van der Waals surface area contributed by atoms with Crippen LogP contribution in [0.3, 0.4) is 0 Å². The fourth-order valence-electron chi connectivity index (χ4n) is 4.17. The molecule has 3 heterocycles. The minimum absolute atomic E-state index is 0.103. The predicted octanol–water partition coefficient (Wildman–Crippen LogP) is 4.08. The molecule has 1 aromatic carbocycles. The van der Waals surface area contributed by atoms with E-state index in [2.05, 4.69) is 15.0 Å². The summed E-state index contributed by atoms with van der Waals surface area (Å²) in [5, 5.41) is 0.709. The van der Waals surface area contributed by atoms with Crippen molar-refractivity contribution in [3.63, 3.8) is 0 Å². The molecule has 0 aliphatic carbocycles. The molecular weight excluding hydrogens is 460 g/mol. The van der Waals surface area contributed by atoms with E-state index in [0.29, 0.717) is 17.4 Å². The number of hydrogen-bond donors (Lipinski definition) is 0. The van der Waals surface area contributed by atoms with Gasteiger partial charge in [-0.3, -0.25) is 9.78 Å². The summed E-state index contributed by atoms with van der Waals surface area (Å²) in [7, 11) is 3.98. The number of likely N-dealkylation sites (N-methyl/N-ethyl adjacent to an activating group) is 1. The van der Waals surface area contributed by atoms with E-state index in [9.17, 15) is 4.79 Å². The number of carbonyl (C=O) groups excluding carboxylic acids is 1. The first-order valence-corrected chi connectivity index (χ1v) is 12.3. The minimum Gasteiger partial charge on any atom is -0.339 e. The topological polar surface area (TPSA) is 75.1 Å². The molecule has 0 unspecified atom stereocenters. The van der Waals surface area contributed by atoms with Gasteiger partial charge < -0.3 is 9.80 Å². The van der Waals surface area contributed by atoms with Crippen LogP contribution in [0.4, 0.5) is 0 Å². The average molecular weight is 491 g/mol. The number of hydrogen-bond acceptors (Lipinski definition) is 6. The Morgan fingerprint density at radius 3 is 2.63 bits per heavy atom. The normalized spacial score (nSPS) is 14.7. The maximum absolute atomic E-state index is 12.4. The average Bonchev–Trinajstić information content (AvgIpc) is 2.85. The zero-order valence-electron chi connectivity index (χ0n) is 20.3. The highest BCUT2D eigenvalue weighted by Crippen LogP contribution is 2.23.